The van der Waals surface area contributed by atoms with Gasteiger partial charge < -0.3 is 25.5 Å². The molecule has 0 atom stereocenters. The largest absolute Gasteiger partial charge is 0.490 e. The second kappa shape index (κ2) is 17.0. The summed E-state index contributed by atoms with van der Waals surface area (Å²) in [6.07, 6.45) is -2.16. The summed E-state index contributed by atoms with van der Waals surface area (Å²) in [7, 11) is 0. The van der Waals surface area contributed by atoms with Gasteiger partial charge in [0, 0.05) is 13.1 Å². The van der Waals surface area contributed by atoms with Gasteiger partial charge in [-0.15, -0.1) is 5.10 Å². The molecule has 5 rings (SSSR count). The van der Waals surface area contributed by atoms with E-state index in [9.17, 15) is 36.2 Å². The van der Waals surface area contributed by atoms with Gasteiger partial charge in [0.1, 0.15) is 5.82 Å². The molecule has 0 spiro atoms. The van der Waals surface area contributed by atoms with Gasteiger partial charge in [-0.3, -0.25) is 9.59 Å². The van der Waals surface area contributed by atoms with Crippen molar-refractivity contribution in [3.63, 3.8) is 0 Å². The van der Waals surface area contributed by atoms with Crippen LogP contribution < -0.4 is 10.2 Å². The minimum atomic E-state index is -5.08. The number of carboxylic acid groups (broad SMARTS) is 2. The number of halogens is 7. The van der Waals surface area contributed by atoms with E-state index in [-0.39, 0.29) is 12.4 Å². The molecule has 11 nitrogen and oxygen atoms in total. The molecule has 1 aliphatic rings. The lowest BCUT2D eigenvalue weighted by atomic mass is 9.84. The zero-order chi connectivity index (χ0) is 34.5. The third-order valence-corrected chi connectivity index (χ3v) is 6.46. The first kappa shape index (κ1) is 37.3. The number of anilines is 2. The molecule has 4 aromatic rings. The molecule has 2 aromatic carbocycles. The van der Waals surface area contributed by atoms with Gasteiger partial charge in [0.2, 0.25) is 0 Å². The minimum absolute atomic E-state index is 0.250. The zero-order valence-electron chi connectivity index (χ0n) is 23.4. The summed E-state index contributed by atoms with van der Waals surface area (Å²) >= 11 is 6.11. The smallest absolute Gasteiger partial charge is 0.483 e. The Labute approximate surface area is 261 Å². The number of nitrogens with zero attached hydrogens (tertiary/aromatic N) is 4. The number of carbonyl (C=O) groups is 3. The van der Waals surface area contributed by atoms with Crippen LogP contribution in [0.5, 0.6) is 0 Å². The molecule has 0 radical (unpaired) electrons. The molecule has 46 heavy (non-hydrogen) atoms. The highest BCUT2D eigenvalue weighted by Crippen LogP contribution is 2.34. The minimum Gasteiger partial charge on any atom is -0.483 e. The van der Waals surface area contributed by atoms with Crippen molar-refractivity contribution in [2.24, 2.45) is 0 Å². The van der Waals surface area contributed by atoms with Crippen LogP contribution in [-0.4, -0.2) is 74.2 Å². The number of rotatable bonds is 4. The maximum Gasteiger partial charge on any atom is 0.490 e. The highest BCUT2D eigenvalue weighted by atomic mass is 35.5. The number of carboxylic acids is 1. The highest BCUT2D eigenvalue weighted by molar-refractivity contribution is 6.34. The number of hydrogen-bond donors (Lipinski definition) is 4. The van der Waals surface area contributed by atoms with Crippen LogP contribution in [0.15, 0.2) is 72.9 Å². The van der Waals surface area contributed by atoms with Gasteiger partial charge in [-0.1, -0.05) is 54.1 Å². The van der Waals surface area contributed by atoms with Crippen LogP contribution in [0.25, 0.3) is 5.65 Å². The van der Waals surface area contributed by atoms with Crippen molar-refractivity contribution >= 4 is 47.2 Å². The lowest BCUT2D eigenvalue weighted by molar-refractivity contribution is -0.192. The predicted octanol–water partition coefficient (Wildman–Crippen LogP) is 5.64. The summed E-state index contributed by atoms with van der Waals surface area (Å²) in [6, 6.07) is 20.5. The normalized spacial score (nSPS) is 13.6. The average Bonchev–Trinajstić information content (AvgIpc) is 3.40. The van der Waals surface area contributed by atoms with Crippen molar-refractivity contribution in [2.45, 2.75) is 31.3 Å². The molecule has 1 aliphatic heterocycles. The zero-order valence-corrected chi connectivity index (χ0v) is 24.2. The summed E-state index contributed by atoms with van der Waals surface area (Å²) < 4.78 is 62.4. The molecule has 0 bridgehead atoms. The number of alkyl halides is 6. The molecular weight excluding hydrogens is 652 g/mol. The van der Waals surface area contributed by atoms with Gasteiger partial charge in [-0.05, 0) is 42.7 Å². The first-order valence-electron chi connectivity index (χ1n) is 12.9. The summed E-state index contributed by atoms with van der Waals surface area (Å²) in [4.78, 5) is 36.3. The summed E-state index contributed by atoms with van der Waals surface area (Å²) in [5.41, 5.74) is 1.16. The Bertz CT molecular complexity index is 1580. The maximum atomic E-state index is 12.5. The molecule has 3 heterocycles. The Morgan fingerprint density at radius 3 is 2.02 bits per heavy atom. The number of aromatic nitrogens is 3. The number of aliphatic carboxylic acids is 1. The third kappa shape index (κ3) is 11.2. The molecule has 1 fully saturated rings. The van der Waals surface area contributed by atoms with Gasteiger partial charge >= 0.3 is 18.8 Å². The quantitative estimate of drug-likeness (QED) is 0.159. The van der Waals surface area contributed by atoms with E-state index in [1.54, 1.807) is 35.0 Å². The number of piperidine rings is 1. The Kier molecular flexibility index (Phi) is 13.8. The number of fused-ring (bicyclic) bond motifs is 1. The molecule has 0 aliphatic carbocycles. The summed E-state index contributed by atoms with van der Waals surface area (Å²) in [6.45, 7) is -2.54. The van der Waals surface area contributed by atoms with Crippen LogP contribution in [0, 0.1) is 0 Å². The molecule has 248 valence electrons. The number of carbonyl (C=O) groups excluding carboxylic acids is 1. The van der Waals surface area contributed by atoms with Gasteiger partial charge in [0.25, 0.3) is 12.4 Å². The Balaban J connectivity index is 0.000000445. The number of hydrogen-bond acceptors (Lipinski definition) is 7. The maximum absolute atomic E-state index is 12.5. The van der Waals surface area contributed by atoms with E-state index in [2.05, 4.69) is 20.3 Å². The van der Waals surface area contributed by atoms with Crippen molar-refractivity contribution in [3.05, 3.63) is 89.1 Å². The fraction of sp³-hybridized carbons (Fsp3) is 0.250. The number of imidazole rings is 1. The lowest BCUT2D eigenvalue weighted by Gasteiger charge is -2.39. The third-order valence-electron chi connectivity index (χ3n) is 6.13. The highest BCUT2D eigenvalue weighted by Gasteiger charge is 2.38. The van der Waals surface area contributed by atoms with Crippen molar-refractivity contribution in [2.75, 3.05) is 23.3 Å². The molecule has 18 heteroatoms. The summed E-state index contributed by atoms with van der Waals surface area (Å²) in [5, 5.41) is 32.9. The first-order chi connectivity index (χ1) is 21.6. The van der Waals surface area contributed by atoms with Crippen molar-refractivity contribution in [3.8, 4) is 0 Å². The van der Waals surface area contributed by atoms with Crippen LogP contribution in [0.4, 0.5) is 38.0 Å². The van der Waals surface area contributed by atoms with Crippen molar-refractivity contribution in [1.82, 2.24) is 14.6 Å². The first-order valence-corrected chi connectivity index (χ1v) is 13.2. The van der Waals surface area contributed by atoms with Crippen molar-refractivity contribution in [1.29, 1.82) is 0 Å². The monoisotopic (exact) mass is 677 g/mol. The molecule has 0 saturated carbocycles. The molecular formula is C28H26ClF6N5O6. The summed E-state index contributed by atoms with van der Waals surface area (Å²) in [5.74, 6) is -1.88. The second-order valence-corrected chi connectivity index (χ2v) is 9.50. The Morgan fingerprint density at radius 1 is 0.978 bits per heavy atom. The predicted molar refractivity (Wildman–Crippen MR) is 154 cm³/mol. The number of nitrogens with one attached hydrogen (secondary N) is 1. The SMILES string of the molecule is FC(F)F.O=C(Nc1cn2nc(N3CCC(O)(c4ccccc4)CC3)ccc2n1)c1ccccc1Cl.O=C(O)C(F)(F)F.O=CO. The van der Waals surface area contributed by atoms with E-state index in [1.807, 2.05) is 42.5 Å². The molecule has 1 amide bonds. The lowest BCUT2D eigenvalue weighted by Crippen LogP contribution is -2.43. The van der Waals surface area contributed by atoms with Crippen LogP contribution in [0.3, 0.4) is 0 Å². The van der Waals surface area contributed by atoms with Crippen LogP contribution in [0.2, 0.25) is 5.02 Å². The van der Waals surface area contributed by atoms with E-state index in [1.165, 1.54) is 0 Å². The van der Waals surface area contributed by atoms with Gasteiger partial charge in [-0.25, -0.2) is 14.3 Å². The average molecular weight is 678 g/mol. The molecule has 4 N–H and O–H groups in total. The standard InChI is InChI=1S/C24H22ClN5O2.C2HF3O2.CHF3.CH2O2/c25-19-9-5-4-8-18(19)23(31)27-20-16-30-21(26-20)10-11-22(28-30)29-14-12-24(32,13-15-29)17-6-2-1-3-7-17;3-2(4,5)1(6)7;2-1(3)4;2-1-3/h1-11,16,32H,12-15H2,(H,27,31);(H,6,7);1H;1H,(H,2,3). The molecule has 0 unspecified atom stereocenters. The Morgan fingerprint density at radius 2 is 1.50 bits per heavy atom. The van der Waals surface area contributed by atoms with Crippen LogP contribution in [-0.2, 0) is 15.2 Å². The van der Waals surface area contributed by atoms with E-state index < -0.39 is 24.4 Å². The van der Waals surface area contributed by atoms with E-state index in [0.29, 0.717) is 48.0 Å². The van der Waals surface area contributed by atoms with E-state index >= 15 is 0 Å². The number of amides is 1. The second-order valence-electron chi connectivity index (χ2n) is 9.09. The number of benzene rings is 2. The molecule has 2 aromatic heterocycles. The van der Waals surface area contributed by atoms with E-state index in [4.69, 9.17) is 31.4 Å². The van der Waals surface area contributed by atoms with E-state index in [0.717, 1.165) is 11.4 Å². The topological polar surface area (TPSA) is 157 Å². The Hall–Kier alpha value is -4.90. The van der Waals surface area contributed by atoms with Crippen LogP contribution in [0.1, 0.15) is 28.8 Å². The number of aliphatic hydroxyl groups is 1. The van der Waals surface area contributed by atoms with Gasteiger partial charge in [-0.2, -0.15) is 26.3 Å². The van der Waals surface area contributed by atoms with Crippen molar-refractivity contribution < 1.29 is 56.0 Å². The fourth-order valence-corrected chi connectivity index (χ4v) is 4.29. The van der Waals surface area contributed by atoms with Gasteiger partial charge in [0.15, 0.2) is 11.5 Å². The van der Waals surface area contributed by atoms with Crippen LogP contribution >= 0.6 is 11.6 Å². The fourth-order valence-electron chi connectivity index (χ4n) is 4.07. The van der Waals surface area contributed by atoms with Gasteiger partial charge in [0.05, 0.1) is 22.4 Å². The molecule has 1 saturated heterocycles.